The Labute approximate surface area is 185 Å². The monoisotopic (exact) mass is 461 g/mol. The zero-order valence-corrected chi connectivity index (χ0v) is 18.2. The molecule has 10 nitrogen and oxygen atoms in total. The number of nitrogens with zero attached hydrogens (tertiary/aromatic N) is 1. The van der Waals surface area contributed by atoms with E-state index in [1.807, 2.05) is 0 Å². The summed E-state index contributed by atoms with van der Waals surface area (Å²) < 4.78 is 42.6. The maximum atomic E-state index is 13.1. The topological polar surface area (TPSA) is 123 Å². The molecule has 2 N–H and O–H groups in total. The summed E-state index contributed by atoms with van der Waals surface area (Å²) in [5, 5.41) is 5.31. The van der Waals surface area contributed by atoms with Crippen LogP contribution in [0.15, 0.2) is 47.4 Å². The number of benzene rings is 2. The van der Waals surface area contributed by atoms with Gasteiger partial charge in [0.05, 0.1) is 17.9 Å². The normalized spacial score (nSPS) is 18.1. The number of hydrogen-bond acceptors (Lipinski definition) is 7. The zero-order chi connectivity index (χ0) is 22.7. The summed E-state index contributed by atoms with van der Waals surface area (Å²) in [7, 11) is -2.55. The minimum Gasteiger partial charge on any atom is -0.454 e. The molecule has 2 aromatic carbocycles. The lowest BCUT2D eigenvalue weighted by Crippen LogP contribution is -2.43. The van der Waals surface area contributed by atoms with Gasteiger partial charge in [0, 0.05) is 30.5 Å². The number of amides is 2. The van der Waals surface area contributed by atoms with Crippen molar-refractivity contribution in [2.45, 2.75) is 17.7 Å². The number of nitrogens with one attached hydrogen (secondary N) is 2. The van der Waals surface area contributed by atoms with Crippen LogP contribution in [0.3, 0.4) is 0 Å². The lowest BCUT2D eigenvalue weighted by atomic mass is 9.98. The minimum atomic E-state index is -3.79. The van der Waals surface area contributed by atoms with Crippen molar-refractivity contribution in [2.24, 2.45) is 5.92 Å². The first-order valence-electron chi connectivity index (χ1n) is 10.0. The summed E-state index contributed by atoms with van der Waals surface area (Å²) in [5.41, 5.74) is 0.975. The standard InChI is InChI=1S/C21H23N3O7S/c1-29-21(26)23-15-4-7-17(8-5-15)32(27,28)24-10-2-3-14(12-24)20(25)22-16-6-9-18-19(11-16)31-13-30-18/h4-9,11,14H,2-3,10,12-13H2,1H3,(H,22,25)(H,23,26)/t14-/m1/s1. The van der Waals surface area contributed by atoms with Crippen molar-refractivity contribution in [1.29, 1.82) is 0 Å². The van der Waals surface area contributed by atoms with E-state index < -0.39 is 22.0 Å². The summed E-state index contributed by atoms with van der Waals surface area (Å²) in [6.07, 6.45) is 0.512. The van der Waals surface area contributed by atoms with Crippen LogP contribution in [-0.2, 0) is 19.6 Å². The number of fused-ring (bicyclic) bond motifs is 1. The first-order chi connectivity index (χ1) is 15.4. The third kappa shape index (κ3) is 4.63. The molecule has 1 saturated heterocycles. The molecule has 32 heavy (non-hydrogen) atoms. The first kappa shape index (κ1) is 21.9. The number of carbonyl (C=O) groups excluding carboxylic acids is 2. The summed E-state index contributed by atoms with van der Waals surface area (Å²) in [5.74, 6) is 0.442. The second kappa shape index (κ2) is 9.05. The Kier molecular flexibility index (Phi) is 6.19. The SMILES string of the molecule is COC(=O)Nc1ccc(S(=O)(=O)N2CCC[C@@H](C(=O)Nc3ccc4c(c3)OCO4)C2)cc1. The van der Waals surface area contributed by atoms with Gasteiger partial charge >= 0.3 is 6.09 Å². The molecular formula is C21H23N3O7S. The lowest BCUT2D eigenvalue weighted by molar-refractivity contribution is -0.120. The van der Waals surface area contributed by atoms with Gasteiger partial charge in [-0.25, -0.2) is 13.2 Å². The van der Waals surface area contributed by atoms with Crippen LogP contribution < -0.4 is 20.1 Å². The van der Waals surface area contributed by atoms with Crippen LogP contribution >= 0.6 is 0 Å². The lowest BCUT2D eigenvalue weighted by Gasteiger charge is -2.31. The van der Waals surface area contributed by atoms with Gasteiger partial charge in [0.2, 0.25) is 22.7 Å². The summed E-state index contributed by atoms with van der Waals surface area (Å²) in [6, 6.07) is 10.9. The van der Waals surface area contributed by atoms with Gasteiger partial charge in [0.1, 0.15) is 0 Å². The molecule has 0 unspecified atom stereocenters. The Morgan fingerprint density at radius 2 is 1.75 bits per heavy atom. The third-order valence-corrected chi connectivity index (χ3v) is 7.20. The quantitative estimate of drug-likeness (QED) is 0.702. The van der Waals surface area contributed by atoms with E-state index >= 15 is 0 Å². The minimum absolute atomic E-state index is 0.0842. The van der Waals surface area contributed by atoms with Crippen molar-refractivity contribution in [3.63, 3.8) is 0 Å². The van der Waals surface area contributed by atoms with Crippen molar-refractivity contribution >= 4 is 33.4 Å². The number of anilines is 2. The molecule has 0 aliphatic carbocycles. The van der Waals surface area contributed by atoms with Gasteiger partial charge in [-0.05, 0) is 49.2 Å². The van der Waals surface area contributed by atoms with E-state index in [9.17, 15) is 18.0 Å². The number of methoxy groups -OCH3 is 1. The highest BCUT2D eigenvalue weighted by atomic mass is 32.2. The van der Waals surface area contributed by atoms with Gasteiger partial charge < -0.3 is 19.5 Å². The molecule has 2 aromatic rings. The van der Waals surface area contributed by atoms with E-state index in [0.29, 0.717) is 42.3 Å². The average Bonchev–Trinajstić information content (AvgIpc) is 3.27. The fraction of sp³-hybridized carbons (Fsp3) is 0.333. The molecule has 0 saturated carbocycles. The van der Waals surface area contributed by atoms with Crippen LogP contribution in [0.5, 0.6) is 11.5 Å². The van der Waals surface area contributed by atoms with E-state index in [4.69, 9.17) is 9.47 Å². The van der Waals surface area contributed by atoms with Crippen LogP contribution in [0.25, 0.3) is 0 Å². The summed E-state index contributed by atoms with van der Waals surface area (Å²) in [6.45, 7) is 0.557. The van der Waals surface area contributed by atoms with Crippen molar-refractivity contribution in [3.8, 4) is 11.5 Å². The van der Waals surface area contributed by atoms with E-state index in [1.54, 1.807) is 18.2 Å². The van der Waals surface area contributed by atoms with Crippen molar-refractivity contribution in [2.75, 3.05) is 37.6 Å². The second-order valence-electron chi connectivity index (χ2n) is 7.40. The first-order valence-corrected chi connectivity index (χ1v) is 11.5. The highest BCUT2D eigenvalue weighted by molar-refractivity contribution is 7.89. The van der Waals surface area contributed by atoms with E-state index in [-0.39, 0.29) is 24.1 Å². The molecule has 0 spiro atoms. The highest BCUT2D eigenvalue weighted by Gasteiger charge is 2.33. The predicted molar refractivity (Wildman–Crippen MR) is 115 cm³/mol. The second-order valence-corrected chi connectivity index (χ2v) is 9.34. The zero-order valence-electron chi connectivity index (χ0n) is 17.4. The molecule has 11 heteroatoms. The Balaban J connectivity index is 1.42. The van der Waals surface area contributed by atoms with Gasteiger partial charge in [-0.1, -0.05) is 0 Å². The number of carbonyl (C=O) groups is 2. The van der Waals surface area contributed by atoms with Gasteiger partial charge in [0.15, 0.2) is 11.5 Å². The number of sulfonamides is 1. The molecule has 4 rings (SSSR count). The Morgan fingerprint density at radius 1 is 1.03 bits per heavy atom. The molecule has 170 valence electrons. The molecule has 0 radical (unpaired) electrons. The van der Waals surface area contributed by atoms with E-state index in [0.717, 1.165) is 0 Å². The summed E-state index contributed by atoms with van der Waals surface area (Å²) >= 11 is 0. The molecule has 1 atom stereocenters. The highest BCUT2D eigenvalue weighted by Crippen LogP contribution is 2.34. The molecule has 2 amide bonds. The molecule has 0 bridgehead atoms. The van der Waals surface area contributed by atoms with E-state index in [2.05, 4.69) is 15.4 Å². The Morgan fingerprint density at radius 3 is 2.50 bits per heavy atom. The third-order valence-electron chi connectivity index (χ3n) is 5.32. The predicted octanol–water partition coefficient (Wildman–Crippen LogP) is 2.63. The van der Waals surface area contributed by atoms with Crippen LogP contribution in [0, 0.1) is 5.92 Å². The maximum absolute atomic E-state index is 13.1. The van der Waals surface area contributed by atoms with E-state index in [1.165, 1.54) is 35.7 Å². The van der Waals surface area contributed by atoms with Gasteiger partial charge in [-0.15, -0.1) is 0 Å². The Hall–Kier alpha value is -3.31. The van der Waals surface area contributed by atoms with Crippen molar-refractivity contribution in [3.05, 3.63) is 42.5 Å². The molecule has 2 heterocycles. The molecular weight excluding hydrogens is 438 g/mol. The summed E-state index contributed by atoms with van der Waals surface area (Å²) in [4.78, 5) is 24.2. The van der Waals surface area contributed by atoms with Crippen molar-refractivity contribution in [1.82, 2.24) is 4.31 Å². The van der Waals surface area contributed by atoms with Gasteiger partial charge in [0.25, 0.3) is 0 Å². The molecule has 0 aromatic heterocycles. The van der Waals surface area contributed by atoms with Crippen LogP contribution in [0.1, 0.15) is 12.8 Å². The van der Waals surface area contributed by atoms with Crippen molar-refractivity contribution < 1.29 is 32.2 Å². The molecule has 1 fully saturated rings. The van der Waals surface area contributed by atoms with Crippen LogP contribution in [0.4, 0.5) is 16.2 Å². The largest absolute Gasteiger partial charge is 0.454 e. The molecule has 2 aliphatic rings. The van der Waals surface area contributed by atoms with Crippen LogP contribution in [0.2, 0.25) is 0 Å². The smallest absolute Gasteiger partial charge is 0.411 e. The average molecular weight is 461 g/mol. The van der Waals surface area contributed by atoms with Gasteiger partial charge in [-0.3, -0.25) is 10.1 Å². The van der Waals surface area contributed by atoms with Crippen LogP contribution in [-0.4, -0.2) is 51.7 Å². The fourth-order valence-corrected chi connectivity index (χ4v) is 5.15. The Bertz CT molecular complexity index is 1120. The number of hydrogen-bond donors (Lipinski definition) is 2. The molecule has 2 aliphatic heterocycles. The maximum Gasteiger partial charge on any atom is 0.411 e. The number of ether oxygens (including phenoxy) is 3. The fourth-order valence-electron chi connectivity index (χ4n) is 3.62. The number of piperidine rings is 1. The van der Waals surface area contributed by atoms with Gasteiger partial charge in [-0.2, -0.15) is 4.31 Å². The number of rotatable bonds is 5.